The van der Waals surface area contributed by atoms with Crippen LogP contribution in [-0.4, -0.2) is 55.2 Å². The van der Waals surface area contributed by atoms with Crippen LogP contribution in [0.4, 0.5) is 0 Å². The van der Waals surface area contributed by atoms with Crippen LogP contribution in [0.15, 0.2) is 29.2 Å². The lowest BCUT2D eigenvalue weighted by atomic mass is 10.2. The zero-order valence-corrected chi connectivity index (χ0v) is 13.3. The van der Waals surface area contributed by atoms with Crippen LogP contribution in [0.25, 0.3) is 0 Å². The van der Waals surface area contributed by atoms with Gasteiger partial charge in [0, 0.05) is 25.7 Å². The zero-order valence-electron chi connectivity index (χ0n) is 11.7. The molecule has 114 valence electrons. The number of benzene rings is 1. The number of thiocarbonyl (C=S) groups is 1. The Morgan fingerprint density at radius 1 is 1.29 bits per heavy atom. The minimum absolute atomic E-state index is 0.0208. The molecule has 21 heavy (non-hydrogen) atoms. The van der Waals surface area contributed by atoms with Gasteiger partial charge in [-0.1, -0.05) is 30.4 Å². The molecule has 8 heteroatoms. The van der Waals surface area contributed by atoms with E-state index in [0.717, 1.165) is 0 Å². The van der Waals surface area contributed by atoms with E-state index in [2.05, 4.69) is 0 Å². The van der Waals surface area contributed by atoms with Gasteiger partial charge in [-0.3, -0.25) is 4.79 Å². The van der Waals surface area contributed by atoms with Crippen LogP contribution in [0.2, 0.25) is 0 Å². The molecule has 0 unspecified atom stereocenters. The Hall–Kier alpha value is -1.51. The molecule has 0 spiro atoms. The molecule has 0 atom stereocenters. The number of nitrogens with zero attached hydrogens (tertiary/aromatic N) is 2. The van der Waals surface area contributed by atoms with Gasteiger partial charge in [0.2, 0.25) is 15.9 Å². The first-order valence-electron chi connectivity index (χ1n) is 6.47. The predicted octanol–water partition coefficient (Wildman–Crippen LogP) is 0.174. The van der Waals surface area contributed by atoms with E-state index in [1.165, 1.54) is 15.3 Å². The number of carbonyl (C=O) groups excluding carboxylic acids is 1. The summed E-state index contributed by atoms with van der Waals surface area (Å²) >= 11 is 4.91. The minimum atomic E-state index is -3.80. The molecular weight excluding hydrogens is 310 g/mol. The van der Waals surface area contributed by atoms with Gasteiger partial charge < -0.3 is 10.6 Å². The summed E-state index contributed by atoms with van der Waals surface area (Å²) in [5.74, 6) is -0.219. The summed E-state index contributed by atoms with van der Waals surface area (Å²) in [5, 5.41) is 0. The first kappa shape index (κ1) is 15.9. The number of carbonyl (C=O) groups is 1. The van der Waals surface area contributed by atoms with E-state index in [1.807, 2.05) is 0 Å². The number of sulfonamides is 1. The molecule has 2 rings (SSSR count). The number of rotatable bonds is 3. The SMILES string of the molecule is CN1CCCN(S(=O)(=O)c2ccccc2C(N)=S)CC1=O. The Kier molecular flexibility index (Phi) is 4.60. The van der Waals surface area contributed by atoms with Crippen LogP contribution in [0.1, 0.15) is 12.0 Å². The molecule has 0 saturated carbocycles. The number of nitrogens with two attached hydrogens (primary N) is 1. The number of likely N-dealkylation sites (N-methyl/N-ethyl adjacent to an activating group) is 1. The lowest BCUT2D eigenvalue weighted by molar-refractivity contribution is -0.129. The maximum atomic E-state index is 12.8. The minimum Gasteiger partial charge on any atom is -0.389 e. The molecule has 0 bridgehead atoms. The van der Waals surface area contributed by atoms with Crippen molar-refractivity contribution in [3.8, 4) is 0 Å². The first-order valence-corrected chi connectivity index (χ1v) is 8.32. The molecule has 1 aliphatic heterocycles. The van der Waals surface area contributed by atoms with Crippen LogP contribution in [0, 0.1) is 0 Å². The van der Waals surface area contributed by atoms with Crippen molar-refractivity contribution in [1.29, 1.82) is 0 Å². The van der Waals surface area contributed by atoms with Gasteiger partial charge >= 0.3 is 0 Å². The van der Waals surface area contributed by atoms with Gasteiger partial charge in [0.05, 0.1) is 11.4 Å². The highest BCUT2D eigenvalue weighted by Crippen LogP contribution is 2.21. The van der Waals surface area contributed by atoms with E-state index >= 15 is 0 Å². The number of hydrogen-bond acceptors (Lipinski definition) is 4. The van der Waals surface area contributed by atoms with Gasteiger partial charge in [0.1, 0.15) is 4.99 Å². The van der Waals surface area contributed by atoms with E-state index in [0.29, 0.717) is 25.1 Å². The second kappa shape index (κ2) is 6.08. The summed E-state index contributed by atoms with van der Waals surface area (Å²) in [6.07, 6.45) is 0.594. The molecule has 1 aromatic carbocycles. The molecule has 1 aliphatic rings. The summed E-state index contributed by atoms with van der Waals surface area (Å²) in [7, 11) is -2.13. The van der Waals surface area contributed by atoms with Gasteiger partial charge in [-0.05, 0) is 12.5 Å². The molecule has 0 aliphatic carbocycles. The smallest absolute Gasteiger partial charge is 0.244 e. The molecule has 6 nitrogen and oxygen atoms in total. The van der Waals surface area contributed by atoms with Crippen LogP contribution in [0.3, 0.4) is 0 Å². The lowest BCUT2D eigenvalue weighted by Gasteiger charge is -2.21. The molecule has 2 N–H and O–H groups in total. The summed E-state index contributed by atoms with van der Waals surface area (Å²) in [5.41, 5.74) is 5.90. The van der Waals surface area contributed by atoms with Crippen molar-refractivity contribution in [2.75, 3.05) is 26.7 Å². The highest BCUT2D eigenvalue weighted by atomic mass is 32.2. The lowest BCUT2D eigenvalue weighted by Crippen LogP contribution is -2.38. The van der Waals surface area contributed by atoms with Gasteiger partial charge in [-0.15, -0.1) is 0 Å². The Morgan fingerprint density at radius 3 is 2.62 bits per heavy atom. The zero-order chi connectivity index (χ0) is 15.6. The fourth-order valence-electron chi connectivity index (χ4n) is 2.20. The molecule has 1 amide bonds. The Labute approximate surface area is 129 Å². The maximum absolute atomic E-state index is 12.8. The van der Waals surface area contributed by atoms with Crippen LogP contribution in [-0.2, 0) is 14.8 Å². The molecule has 0 aromatic heterocycles. The van der Waals surface area contributed by atoms with Crippen molar-refractivity contribution >= 4 is 33.1 Å². The van der Waals surface area contributed by atoms with E-state index in [4.69, 9.17) is 18.0 Å². The predicted molar refractivity (Wildman–Crippen MR) is 83.3 cm³/mol. The second-order valence-electron chi connectivity index (χ2n) is 4.87. The van der Waals surface area contributed by atoms with E-state index < -0.39 is 10.0 Å². The van der Waals surface area contributed by atoms with Crippen molar-refractivity contribution < 1.29 is 13.2 Å². The number of hydrogen-bond donors (Lipinski definition) is 1. The van der Waals surface area contributed by atoms with Crippen molar-refractivity contribution in [1.82, 2.24) is 9.21 Å². The fraction of sp³-hybridized carbons (Fsp3) is 0.385. The third-order valence-corrected chi connectivity index (χ3v) is 5.53. The second-order valence-corrected chi connectivity index (χ2v) is 7.21. The molecule has 1 fully saturated rings. The Bertz CT molecular complexity index is 673. The topological polar surface area (TPSA) is 83.7 Å². The average molecular weight is 327 g/mol. The quantitative estimate of drug-likeness (QED) is 0.800. The van der Waals surface area contributed by atoms with Crippen LogP contribution < -0.4 is 5.73 Å². The first-order chi connectivity index (χ1) is 9.84. The van der Waals surface area contributed by atoms with Crippen molar-refractivity contribution in [2.45, 2.75) is 11.3 Å². The van der Waals surface area contributed by atoms with Crippen molar-refractivity contribution in [3.63, 3.8) is 0 Å². The van der Waals surface area contributed by atoms with E-state index in [1.54, 1.807) is 25.2 Å². The summed E-state index contributed by atoms with van der Waals surface area (Å²) < 4.78 is 26.7. The highest BCUT2D eigenvalue weighted by molar-refractivity contribution is 7.89. The van der Waals surface area contributed by atoms with Gasteiger partial charge in [0.25, 0.3) is 0 Å². The third kappa shape index (κ3) is 3.22. The summed E-state index contributed by atoms with van der Waals surface area (Å²) in [4.78, 5) is 13.5. The standard InChI is InChI=1S/C13H17N3O3S2/c1-15-7-4-8-16(9-12(15)17)21(18,19)11-6-3-2-5-10(11)13(14)20/h2-3,5-6H,4,7-9H2,1H3,(H2,14,20). The van der Waals surface area contributed by atoms with Crippen molar-refractivity contribution in [2.24, 2.45) is 5.73 Å². The van der Waals surface area contributed by atoms with E-state index in [9.17, 15) is 13.2 Å². The monoisotopic (exact) mass is 327 g/mol. The van der Waals surface area contributed by atoms with Gasteiger partial charge in [0.15, 0.2) is 0 Å². The van der Waals surface area contributed by atoms with Crippen LogP contribution in [0.5, 0.6) is 0 Å². The van der Waals surface area contributed by atoms with E-state index in [-0.39, 0.29) is 22.3 Å². The van der Waals surface area contributed by atoms with Gasteiger partial charge in [-0.25, -0.2) is 8.42 Å². The Balaban J connectivity index is 2.43. The summed E-state index contributed by atoms with van der Waals surface area (Å²) in [6, 6.07) is 6.32. The fourth-order valence-corrected chi connectivity index (χ4v) is 4.08. The highest BCUT2D eigenvalue weighted by Gasteiger charge is 2.31. The van der Waals surface area contributed by atoms with Crippen molar-refractivity contribution in [3.05, 3.63) is 29.8 Å². The average Bonchev–Trinajstić information content (AvgIpc) is 2.61. The molecular formula is C13H17N3O3S2. The summed E-state index contributed by atoms with van der Waals surface area (Å²) in [6.45, 7) is 0.677. The maximum Gasteiger partial charge on any atom is 0.244 e. The molecule has 1 aromatic rings. The Morgan fingerprint density at radius 2 is 1.95 bits per heavy atom. The van der Waals surface area contributed by atoms with Gasteiger partial charge in [-0.2, -0.15) is 4.31 Å². The molecule has 0 radical (unpaired) electrons. The normalized spacial score (nSPS) is 17.6. The largest absolute Gasteiger partial charge is 0.389 e. The molecule has 1 saturated heterocycles. The van der Waals surface area contributed by atoms with Crippen LogP contribution >= 0.6 is 12.2 Å². The third-order valence-electron chi connectivity index (χ3n) is 3.41. The molecule has 1 heterocycles. The number of amides is 1.